The molecular weight excluding hydrogens is 366 g/mol. The van der Waals surface area contributed by atoms with Crippen LogP contribution in [0.25, 0.3) is 0 Å². The minimum Gasteiger partial charge on any atom is -0.340 e. The van der Waals surface area contributed by atoms with Crippen molar-refractivity contribution in [2.75, 3.05) is 39.3 Å². The zero-order valence-corrected chi connectivity index (χ0v) is 16.5. The topological polar surface area (TPSA) is 86.8 Å². The summed E-state index contributed by atoms with van der Waals surface area (Å²) in [4.78, 5) is 25.7. The fourth-order valence-corrected chi connectivity index (χ4v) is 5.06. The summed E-state index contributed by atoms with van der Waals surface area (Å²) >= 11 is 0. The first-order valence-corrected chi connectivity index (χ1v) is 10.9. The Morgan fingerprint density at radius 2 is 1.78 bits per heavy atom. The monoisotopic (exact) mass is 393 g/mol. The average Bonchev–Trinajstić information content (AvgIpc) is 3.20. The lowest BCUT2D eigenvalue weighted by Crippen LogP contribution is -2.50. The maximum Gasteiger partial charge on any atom is 0.243 e. The Kier molecular flexibility index (Phi) is 6.29. The third-order valence-corrected chi connectivity index (χ3v) is 7.33. The van der Waals surface area contributed by atoms with Crippen LogP contribution in [0, 0.1) is 5.92 Å². The van der Waals surface area contributed by atoms with Crippen molar-refractivity contribution in [3.8, 4) is 0 Å². The quantitative estimate of drug-likeness (QED) is 0.732. The van der Waals surface area contributed by atoms with Crippen molar-refractivity contribution in [2.45, 2.75) is 31.1 Å². The highest BCUT2D eigenvalue weighted by molar-refractivity contribution is 7.89. The predicted octanol–water partition coefficient (Wildman–Crippen LogP) is 1.11. The number of hydrogen-bond donors (Lipinski definition) is 1. The molecule has 2 heterocycles. The van der Waals surface area contributed by atoms with Crippen LogP contribution in [0.3, 0.4) is 0 Å². The molecule has 1 aromatic rings. The van der Waals surface area contributed by atoms with Crippen LogP contribution in [-0.2, 0) is 14.8 Å². The molecule has 3 rings (SSSR count). The molecule has 8 heteroatoms. The Hall–Kier alpha value is -1.77. The molecule has 2 saturated heterocycles. The molecule has 0 aromatic heterocycles. The molecule has 1 unspecified atom stereocenters. The maximum atomic E-state index is 12.8. The molecular formula is C19H27N3O4S. The number of nitrogens with zero attached hydrogens (tertiary/aromatic N) is 2. The number of ketones is 1. The van der Waals surface area contributed by atoms with Gasteiger partial charge in [0.25, 0.3) is 0 Å². The second-order valence-corrected chi connectivity index (χ2v) is 9.20. The Morgan fingerprint density at radius 1 is 1.11 bits per heavy atom. The van der Waals surface area contributed by atoms with Crippen LogP contribution < -0.4 is 5.32 Å². The molecule has 0 spiro atoms. The van der Waals surface area contributed by atoms with Gasteiger partial charge in [0.2, 0.25) is 15.9 Å². The van der Waals surface area contributed by atoms with Gasteiger partial charge in [-0.15, -0.1) is 0 Å². The minimum absolute atomic E-state index is 0.0977. The number of carbonyl (C=O) groups excluding carboxylic acids is 2. The molecule has 1 amide bonds. The largest absolute Gasteiger partial charge is 0.340 e. The maximum absolute atomic E-state index is 12.8. The molecule has 2 aliphatic rings. The molecule has 27 heavy (non-hydrogen) atoms. The van der Waals surface area contributed by atoms with Crippen LogP contribution in [-0.4, -0.2) is 68.6 Å². The highest BCUT2D eigenvalue weighted by Crippen LogP contribution is 2.20. The number of sulfonamides is 1. The van der Waals surface area contributed by atoms with E-state index in [0.717, 1.165) is 25.9 Å². The molecule has 1 atom stereocenters. The number of amides is 1. The number of rotatable bonds is 6. The molecule has 0 saturated carbocycles. The Morgan fingerprint density at radius 3 is 2.33 bits per heavy atom. The van der Waals surface area contributed by atoms with Crippen LogP contribution in [0.4, 0.5) is 0 Å². The number of hydrogen-bond acceptors (Lipinski definition) is 5. The Balaban J connectivity index is 1.54. The minimum atomic E-state index is -3.60. The fraction of sp³-hybridized carbons (Fsp3) is 0.579. The van der Waals surface area contributed by atoms with Gasteiger partial charge in [-0.2, -0.15) is 4.31 Å². The molecule has 0 bridgehead atoms. The van der Waals surface area contributed by atoms with Gasteiger partial charge >= 0.3 is 0 Å². The van der Waals surface area contributed by atoms with Crippen LogP contribution in [0.5, 0.6) is 0 Å². The molecule has 0 radical (unpaired) electrons. The van der Waals surface area contributed by atoms with E-state index in [1.54, 1.807) is 4.90 Å². The van der Waals surface area contributed by atoms with E-state index in [-0.39, 0.29) is 16.6 Å². The van der Waals surface area contributed by atoms with Crippen molar-refractivity contribution in [2.24, 2.45) is 5.92 Å². The van der Waals surface area contributed by atoms with Gasteiger partial charge in [0.1, 0.15) is 0 Å². The van der Waals surface area contributed by atoms with Crippen molar-refractivity contribution >= 4 is 21.7 Å². The second kappa shape index (κ2) is 8.50. The number of piperazine rings is 1. The third-order valence-electron chi connectivity index (χ3n) is 5.42. The normalized spacial score (nSPS) is 21.4. The highest BCUT2D eigenvalue weighted by Gasteiger charge is 2.30. The van der Waals surface area contributed by atoms with E-state index >= 15 is 0 Å². The van der Waals surface area contributed by atoms with Gasteiger partial charge in [-0.05, 0) is 50.9 Å². The number of Topliss-reactive ketones (excluding diaryl/α,β-unsaturated/α-hetero) is 1. The average molecular weight is 394 g/mol. The summed E-state index contributed by atoms with van der Waals surface area (Å²) in [6.07, 6.45) is 2.56. The predicted molar refractivity (Wildman–Crippen MR) is 102 cm³/mol. The van der Waals surface area contributed by atoms with E-state index in [1.807, 2.05) is 0 Å². The summed E-state index contributed by atoms with van der Waals surface area (Å²) < 4.78 is 27.0. The lowest BCUT2D eigenvalue weighted by atomic mass is 10.0. The van der Waals surface area contributed by atoms with Crippen molar-refractivity contribution in [1.82, 2.24) is 14.5 Å². The number of nitrogens with one attached hydrogen (secondary N) is 1. The lowest BCUT2D eigenvalue weighted by molar-refractivity contribution is -0.132. The van der Waals surface area contributed by atoms with Crippen LogP contribution in [0.15, 0.2) is 29.2 Å². The Labute approximate surface area is 160 Å². The summed E-state index contributed by atoms with van der Waals surface area (Å²) in [7, 11) is -3.60. The van der Waals surface area contributed by atoms with Gasteiger partial charge in [0, 0.05) is 38.2 Å². The van der Waals surface area contributed by atoms with E-state index < -0.39 is 10.0 Å². The van der Waals surface area contributed by atoms with E-state index in [1.165, 1.54) is 35.5 Å². The zero-order chi connectivity index (χ0) is 19.4. The summed E-state index contributed by atoms with van der Waals surface area (Å²) in [5.41, 5.74) is 0.488. The van der Waals surface area contributed by atoms with Crippen LogP contribution >= 0.6 is 0 Å². The zero-order valence-electron chi connectivity index (χ0n) is 15.7. The molecule has 2 aliphatic heterocycles. The molecule has 2 fully saturated rings. The molecule has 1 N–H and O–H groups in total. The highest BCUT2D eigenvalue weighted by atomic mass is 32.2. The van der Waals surface area contributed by atoms with Crippen molar-refractivity contribution in [1.29, 1.82) is 0 Å². The van der Waals surface area contributed by atoms with Crippen LogP contribution in [0.1, 0.15) is 36.5 Å². The first kappa shape index (κ1) is 20.0. The summed E-state index contributed by atoms with van der Waals surface area (Å²) in [6, 6.07) is 6.01. The van der Waals surface area contributed by atoms with E-state index in [2.05, 4.69) is 5.32 Å². The van der Waals surface area contributed by atoms with Gasteiger partial charge < -0.3 is 10.2 Å². The molecule has 7 nitrogen and oxygen atoms in total. The first-order valence-electron chi connectivity index (χ1n) is 9.47. The molecule has 0 aliphatic carbocycles. The second-order valence-electron chi connectivity index (χ2n) is 7.26. The number of carbonyl (C=O) groups is 2. The number of benzene rings is 1. The van der Waals surface area contributed by atoms with Crippen molar-refractivity contribution in [3.05, 3.63) is 29.8 Å². The summed E-state index contributed by atoms with van der Waals surface area (Å²) in [5, 5.41) is 3.31. The van der Waals surface area contributed by atoms with Gasteiger partial charge in [-0.3, -0.25) is 9.59 Å². The van der Waals surface area contributed by atoms with E-state index in [4.69, 9.17) is 0 Å². The van der Waals surface area contributed by atoms with E-state index in [9.17, 15) is 18.0 Å². The first-order chi connectivity index (χ1) is 12.9. The Bertz CT molecular complexity index is 778. The van der Waals surface area contributed by atoms with Gasteiger partial charge in [-0.25, -0.2) is 8.42 Å². The van der Waals surface area contributed by atoms with Gasteiger partial charge in [-0.1, -0.05) is 12.1 Å². The third kappa shape index (κ3) is 4.75. The van der Waals surface area contributed by atoms with Crippen LogP contribution in [0.2, 0.25) is 0 Å². The standard InChI is InChI=1S/C19H27N3O4S/c1-15(23)17-3-5-18(6-4-17)27(25,26)22-12-10-21(11-13-22)19(24)7-2-16-8-9-20-14-16/h3-6,16,20H,2,7-14H2,1H3. The smallest absolute Gasteiger partial charge is 0.243 e. The lowest BCUT2D eigenvalue weighted by Gasteiger charge is -2.34. The van der Waals surface area contributed by atoms with Gasteiger partial charge in [0.15, 0.2) is 5.78 Å². The van der Waals surface area contributed by atoms with E-state index in [0.29, 0.717) is 44.1 Å². The fourth-order valence-electron chi connectivity index (χ4n) is 3.64. The summed E-state index contributed by atoms with van der Waals surface area (Å²) in [5.74, 6) is 0.595. The van der Waals surface area contributed by atoms with Crippen molar-refractivity contribution in [3.63, 3.8) is 0 Å². The molecule has 148 valence electrons. The molecule has 1 aromatic carbocycles. The van der Waals surface area contributed by atoms with Crippen molar-refractivity contribution < 1.29 is 18.0 Å². The summed E-state index contributed by atoms with van der Waals surface area (Å²) in [6.45, 7) is 4.91. The SMILES string of the molecule is CC(=O)c1ccc(S(=O)(=O)N2CCN(C(=O)CCC3CCNC3)CC2)cc1. The van der Waals surface area contributed by atoms with Gasteiger partial charge in [0.05, 0.1) is 4.90 Å².